The number of carbonyl (C=O) groups is 3. The van der Waals surface area contributed by atoms with Crippen LogP contribution >= 0.6 is 0 Å². The zero-order valence-electron chi connectivity index (χ0n) is 24.9. The van der Waals surface area contributed by atoms with Crippen molar-refractivity contribution < 1.29 is 23.9 Å². The molecule has 210 valence electrons. The predicted octanol–water partition coefficient (Wildman–Crippen LogP) is 5.96. The molecule has 1 aromatic carbocycles. The zero-order chi connectivity index (χ0) is 28.8. The van der Waals surface area contributed by atoms with Gasteiger partial charge in [0.2, 0.25) is 5.91 Å². The Morgan fingerprint density at radius 1 is 1.00 bits per heavy atom. The molecule has 0 radical (unpaired) electrons. The summed E-state index contributed by atoms with van der Waals surface area (Å²) in [5, 5.41) is 2.88. The number of likely N-dealkylation sites (N-methyl/N-ethyl adjacent to an activating group) is 1. The third kappa shape index (κ3) is 11.4. The van der Waals surface area contributed by atoms with Crippen LogP contribution in [0.5, 0.6) is 0 Å². The molecule has 37 heavy (non-hydrogen) atoms. The Kier molecular flexibility index (Phi) is 11.2. The van der Waals surface area contributed by atoms with E-state index in [1.807, 2.05) is 66.8 Å². The number of nitrogens with one attached hydrogen (secondary N) is 1. The van der Waals surface area contributed by atoms with Crippen LogP contribution in [0, 0.1) is 5.41 Å². The highest BCUT2D eigenvalue weighted by Gasteiger charge is 2.37. The molecular weight excluding hydrogens is 484 g/mol. The Hall–Kier alpha value is -2.19. The van der Waals surface area contributed by atoms with Crippen molar-refractivity contribution in [3.8, 4) is 0 Å². The quantitative estimate of drug-likeness (QED) is 0.270. The lowest BCUT2D eigenvalue weighted by Gasteiger charge is -2.35. The number of Topliss-reactive ketones (excluding diaryl/α,β-unsaturated/α-hetero) is 1. The summed E-state index contributed by atoms with van der Waals surface area (Å²) < 4.78 is 5.48. The van der Waals surface area contributed by atoms with Crippen molar-refractivity contribution in [1.29, 1.82) is 0 Å². The topological polar surface area (TPSA) is 95.9 Å². The Bertz CT molecular complexity index is 922. The van der Waals surface area contributed by atoms with Crippen LogP contribution in [0.3, 0.4) is 0 Å². The highest BCUT2D eigenvalue weighted by Crippen LogP contribution is 2.40. The lowest BCUT2D eigenvalue weighted by atomic mass is 9.94. The number of hydrogen-bond acceptors (Lipinski definition) is 5. The minimum absolute atomic E-state index is 0.0264. The summed E-state index contributed by atoms with van der Waals surface area (Å²) in [7, 11) is -0.663. The first-order valence-electron chi connectivity index (χ1n) is 13.2. The lowest BCUT2D eigenvalue weighted by molar-refractivity contribution is -0.137. The molecule has 0 fully saturated rings. The average Bonchev–Trinajstić information content (AvgIpc) is 2.70. The number of nitrogens with zero attached hydrogens (tertiary/aromatic N) is 1. The number of alkyl carbamates (subject to hydrolysis) is 1. The fourth-order valence-electron chi connectivity index (χ4n) is 3.86. The molecular formula is C29H50N2O5Si. The summed E-state index contributed by atoms with van der Waals surface area (Å²) in [4.78, 5) is 49.7. The van der Waals surface area contributed by atoms with Gasteiger partial charge < -0.3 is 19.7 Å². The lowest BCUT2D eigenvalue weighted by Crippen LogP contribution is -2.41. The van der Waals surface area contributed by atoms with Crippen LogP contribution in [0.25, 0.3) is 0 Å². The maximum absolute atomic E-state index is 12.7. The minimum atomic E-state index is -2.31. The number of ether oxygens (including phenoxy) is 1. The fraction of sp³-hybridized carbons (Fsp3) is 0.690. The van der Waals surface area contributed by atoms with E-state index in [1.54, 1.807) is 19.2 Å². The molecule has 1 rings (SSSR count). The van der Waals surface area contributed by atoms with Gasteiger partial charge in [0.25, 0.3) is 0 Å². The highest BCUT2D eigenvalue weighted by atomic mass is 28.4. The highest BCUT2D eigenvalue weighted by molar-refractivity contribution is 6.72. The Labute approximate surface area is 225 Å². The van der Waals surface area contributed by atoms with Gasteiger partial charge in [-0.3, -0.25) is 9.59 Å². The number of amides is 2. The van der Waals surface area contributed by atoms with E-state index in [0.29, 0.717) is 12.0 Å². The third-order valence-corrected chi connectivity index (χ3v) is 10.4. The summed E-state index contributed by atoms with van der Waals surface area (Å²) in [6, 6.07) is 7.21. The molecule has 0 saturated carbocycles. The van der Waals surface area contributed by atoms with E-state index in [2.05, 4.69) is 19.2 Å². The maximum Gasteiger partial charge on any atom is 0.407 e. The first-order valence-corrected chi connectivity index (χ1v) is 16.2. The standard InChI is InChI=1S/C29H50N2O5Si/c1-27(2,3)25(33)31(9)20-24(32)22-16-14-21(15-17-22)19-23(30-26(34)36-28(4,5)6)13-12-18-29(7,8)37(10,11)35/h14-17,23,35H,12-13,18-20H2,1-11H3,(H,30,34)/t23-/m1/s1. The molecule has 0 bridgehead atoms. The molecule has 0 aliphatic heterocycles. The van der Waals surface area contributed by atoms with Crippen molar-refractivity contribution in [3.63, 3.8) is 0 Å². The SMILES string of the molecule is CN(CC(=O)c1ccc(C[C@@H](CCCC(C)(C)[Si](C)(C)O)NC(=O)OC(C)(C)C)cc1)C(=O)C(C)(C)C. The monoisotopic (exact) mass is 534 g/mol. The molecule has 1 atom stereocenters. The summed E-state index contributed by atoms with van der Waals surface area (Å²) in [6.45, 7) is 19.2. The van der Waals surface area contributed by atoms with E-state index < -0.39 is 25.4 Å². The largest absolute Gasteiger partial charge is 0.444 e. The summed E-state index contributed by atoms with van der Waals surface area (Å²) in [6.07, 6.45) is 2.61. The number of rotatable bonds is 11. The average molecular weight is 535 g/mol. The molecule has 0 aliphatic carbocycles. The molecule has 2 N–H and O–H groups in total. The van der Waals surface area contributed by atoms with E-state index in [1.165, 1.54) is 4.90 Å². The zero-order valence-corrected chi connectivity index (χ0v) is 25.9. The van der Waals surface area contributed by atoms with Gasteiger partial charge in [-0.15, -0.1) is 0 Å². The van der Waals surface area contributed by atoms with Gasteiger partial charge in [0.15, 0.2) is 14.1 Å². The van der Waals surface area contributed by atoms with Gasteiger partial charge in [-0.1, -0.05) is 65.3 Å². The van der Waals surface area contributed by atoms with E-state index in [9.17, 15) is 19.2 Å². The number of carbonyl (C=O) groups excluding carboxylic acids is 3. The van der Waals surface area contributed by atoms with E-state index in [0.717, 1.165) is 24.8 Å². The van der Waals surface area contributed by atoms with Crippen molar-refractivity contribution in [1.82, 2.24) is 10.2 Å². The van der Waals surface area contributed by atoms with Crippen molar-refractivity contribution in [2.45, 2.75) is 111 Å². The van der Waals surface area contributed by atoms with Crippen molar-refractivity contribution >= 4 is 26.1 Å². The van der Waals surface area contributed by atoms with Gasteiger partial charge in [0, 0.05) is 24.1 Å². The maximum atomic E-state index is 12.7. The second-order valence-corrected chi connectivity index (χ2v) is 17.9. The summed E-state index contributed by atoms with van der Waals surface area (Å²) >= 11 is 0. The molecule has 0 unspecified atom stereocenters. The van der Waals surface area contributed by atoms with Crippen LogP contribution in [0.2, 0.25) is 18.1 Å². The molecule has 1 aromatic rings. The first-order chi connectivity index (χ1) is 16.6. The van der Waals surface area contributed by atoms with Crippen LogP contribution in [-0.4, -0.2) is 61.0 Å². The van der Waals surface area contributed by atoms with Crippen molar-refractivity contribution in [2.24, 2.45) is 5.41 Å². The van der Waals surface area contributed by atoms with Gasteiger partial charge in [-0.05, 0) is 63.7 Å². The Morgan fingerprint density at radius 2 is 1.54 bits per heavy atom. The van der Waals surface area contributed by atoms with E-state index in [-0.39, 0.29) is 29.3 Å². The Morgan fingerprint density at radius 3 is 2.00 bits per heavy atom. The van der Waals surface area contributed by atoms with Crippen LogP contribution in [0.1, 0.15) is 90.6 Å². The third-order valence-electron chi connectivity index (χ3n) is 6.86. The van der Waals surface area contributed by atoms with E-state index in [4.69, 9.17) is 4.74 Å². The number of ketones is 1. The molecule has 0 aliphatic rings. The van der Waals surface area contributed by atoms with E-state index >= 15 is 0 Å². The number of benzene rings is 1. The number of hydrogen-bond donors (Lipinski definition) is 2. The Balaban J connectivity index is 2.91. The molecule has 0 heterocycles. The fourth-order valence-corrected chi connectivity index (χ4v) is 4.65. The predicted molar refractivity (Wildman–Crippen MR) is 152 cm³/mol. The van der Waals surface area contributed by atoms with Crippen molar-refractivity contribution in [2.75, 3.05) is 13.6 Å². The second kappa shape index (κ2) is 12.6. The molecule has 8 heteroatoms. The molecule has 7 nitrogen and oxygen atoms in total. The van der Waals surface area contributed by atoms with Crippen LogP contribution in [-0.2, 0) is 16.0 Å². The van der Waals surface area contributed by atoms with Crippen LogP contribution in [0.15, 0.2) is 24.3 Å². The summed E-state index contributed by atoms with van der Waals surface area (Å²) in [5.41, 5.74) is 0.408. The minimum Gasteiger partial charge on any atom is -0.444 e. The van der Waals surface area contributed by atoms with Crippen LogP contribution < -0.4 is 5.32 Å². The first kappa shape index (κ1) is 32.8. The van der Waals surface area contributed by atoms with Gasteiger partial charge in [-0.25, -0.2) is 4.79 Å². The molecule has 0 saturated heterocycles. The van der Waals surface area contributed by atoms with Gasteiger partial charge in [0.1, 0.15) is 5.60 Å². The van der Waals surface area contributed by atoms with Crippen molar-refractivity contribution in [3.05, 3.63) is 35.4 Å². The smallest absolute Gasteiger partial charge is 0.407 e. The van der Waals surface area contributed by atoms with Gasteiger partial charge in [-0.2, -0.15) is 0 Å². The normalized spacial score (nSPS) is 13.6. The molecule has 0 aromatic heterocycles. The van der Waals surface area contributed by atoms with Crippen LogP contribution in [0.4, 0.5) is 4.79 Å². The van der Waals surface area contributed by atoms with Gasteiger partial charge >= 0.3 is 6.09 Å². The summed E-state index contributed by atoms with van der Waals surface area (Å²) in [5.74, 6) is -0.197. The second-order valence-electron chi connectivity index (χ2n) is 13.4. The van der Waals surface area contributed by atoms with Gasteiger partial charge in [0.05, 0.1) is 6.54 Å². The molecule has 0 spiro atoms. The molecule has 2 amide bonds.